The van der Waals surface area contributed by atoms with Crippen molar-refractivity contribution >= 4 is 45.4 Å². The summed E-state index contributed by atoms with van der Waals surface area (Å²) in [7, 11) is 0. The molecule has 0 bridgehead atoms. The lowest BCUT2D eigenvalue weighted by Gasteiger charge is -2.21. The molecule has 0 unspecified atom stereocenters. The Kier molecular flexibility index (Phi) is 6.80. The van der Waals surface area contributed by atoms with Gasteiger partial charge >= 0.3 is 6.18 Å². The van der Waals surface area contributed by atoms with E-state index in [1.165, 1.54) is 0 Å². The maximum Gasteiger partial charge on any atom is 0.434 e. The van der Waals surface area contributed by atoms with Gasteiger partial charge in [0.05, 0.1) is 15.6 Å². The number of benzene rings is 1. The number of nitrogens with zero attached hydrogens (tertiary/aromatic N) is 2. The topological polar surface area (TPSA) is 28.2 Å². The SMILES string of the molecule is CCCN(Cc1sc(Nc2c(C)cc(Cl)cc2Cl)nc1C(F)(F)F)CC1CC1. The largest absolute Gasteiger partial charge is 0.434 e. The number of hydrogen-bond donors (Lipinski definition) is 1. The molecule has 0 atom stereocenters. The second-order valence-electron chi connectivity index (χ2n) is 7.17. The van der Waals surface area contributed by atoms with Crippen LogP contribution in [0.4, 0.5) is 24.0 Å². The Balaban J connectivity index is 1.87. The molecule has 28 heavy (non-hydrogen) atoms. The van der Waals surface area contributed by atoms with Crippen molar-refractivity contribution in [2.75, 3.05) is 18.4 Å². The van der Waals surface area contributed by atoms with Crippen LogP contribution in [0.15, 0.2) is 12.1 Å². The van der Waals surface area contributed by atoms with Crippen LogP contribution in [0.2, 0.25) is 10.0 Å². The van der Waals surface area contributed by atoms with Crippen molar-refractivity contribution in [1.29, 1.82) is 0 Å². The Morgan fingerprint density at radius 3 is 2.57 bits per heavy atom. The van der Waals surface area contributed by atoms with Gasteiger partial charge in [0.2, 0.25) is 0 Å². The monoisotopic (exact) mass is 451 g/mol. The Hall–Kier alpha value is -1.02. The van der Waals surface area contributed by atoms with Crippen molar-refractivity contribution in [3.05, 3.63) is 38.3 Å². The summed E-state index contributed by atoms with van der Waals surface area (Å²) in [6, 6.07) is 3.25. The van der Waals surface area contributed by atoms with Crippen LogP contribution in [0.1, 0.15) is 42.3 Å². The first-order valence-corrected chi connectivity index (χ1v) is 10.8. The average Bonchev–Trinajstić information content (AvgIpc) is 3.28. The lowest BCUT2D eigenvalue weighted by atomic mass is 10.2. The summed E-state index contributed by atoms with van der Waals surface area (Å²) in [6.45, 7) is 5.70. The van der Waals surface area contributed by atoms with Crippen molar-refractivity contribution in [2.45, 2.75) is 45.8 Å². The summed E-state index contributed by atoms with van der Waals surface area (Å²) >= 11 is 13.2. The molecule has 1 saturated carbocycles. The minimum absolute atomic E-state index is 0.178. The second-order valence-corrected chi connectivity index (χ2v) is 9.10. The third kappa shape index (κ3) is 5.53. The predicted octanol–water partition coefficient (Wildman–Crippen LogP) is 7.14. The molecule has 1 fully saturated rings. The number of anilines is 2. The van der Waals surface area contributed by atoms with Gasteiger partial charge in [-0.05, 0) is 56.3 Å². The van der Waals surface area contributed by atoms with Gasteiger partial charge in [0, 0.05) is 18.1 Å². The number of aryl methyl sites for hydroxylation is 1. The minimum atomic E-state index is -4.50. The van der Waals surface area contributed by atoms with E-state index in [1.54, 1.807) is 19.1 Å². The molecule has 1 aliphatic carbocycles. The molecule has 154 valence electrons. The van der Waals surface area contributed by atoms with Gasteiger partial charge in [-0.3, -0.25) is 4.90 Å². The maximum absolute atomic E-state index is 13.6. The van der Waals surface area contributed by atoms with Gasteiger partial charge in [0.15, 0.2) is 10.8 Å². The van der Waals surface area contributed by atoms with Gasteiger partial charge in [-0.1, -0.05) is 41.5 Å². The van der Waals surface area contributed by atoms with Crippen molar-refractivity contribution in [1.82, 2.24) is 9.88 Å². The molecule has 0 aliphatic heterocycles. The Labute approximate surface area is 176 Å². The molecule has 1 aliphatic rings. The number of rotatable bonds is 8. The van der Waals surface area contributed by atoms with Crippen molar-refractivity contribution in [3.8, 4) is 0 Å². The molecule has 3 nitrogen and oxygen atoms in total. The highest BCUT2D eigenvalue weighted by atomic mass is 35.5. The van der Waals surface area contributed by atoms with Crippen LogP contribution in [-0.4, -0.2) is 23.0 Å². The third-order valence-electron chi connectivity index (χ3n) is 4.57. The number of halogens is 5. The van der Waals surface area contributed by atoms with E-state index in [0.717, 1.165) is 49.3 Å². The highest BCUT2D eigenvalue weighted by molar-refractivity contribution is 7.15. The van der Waals surface area contributed by atoms with Crippen LogP contribution in [0.3, 0.4) is 0 Å². The van der Waals surface area contributed by atoms with E-state index in [0.29, 0.717) is 21.7 Å². The average molecular weight is 452 g/mol. The van der Waals surface area contributed by atoms with E-state index in [9.17, 15) is 13.2 Å². The van der Waals surface area contributed by atoms with Crippen molar-refractivity contribution < 1.29 is 13.2 Å². The summed E-state index contributed by atoms with van der Waals surface area (Å²) in [5, 5.41) is 3.95. The van der Waals surface area contributed by atoms with Crippen LogP contribution in [0.25, 0.3) is 0 Å². The predicted molar refractivity (Wildman–Crippen MR) is 110 cm³/mol. The van der Waals surface area contributed by atoms with Gasteiger partial charge in [0.1, 0.15) is 0 Å². The first-order valence-electron chi connectivity index (χ1n) is 9.19. The third-order valence-corrected chi connectivity index (χ3v) is 6.04. The first-order chi connectivity index (χ1) is 13.2. The summed E-state index contributed by atoms with van der Waals surface area (Å²) < 4.78 is 40.7. The highest BCUT2D eigenvalue weighted by Gasteiger charge is 2.38. The summed E-state index contributed by atoms with van der Waals surface area (Å²) in [5.74, 6) is 0.613. The molecule has 0 saturated heterocycles. The molecule has 3 rings (SSSR count). The standard InChI is InChI=1S/C19H22Cl2F3N3S/c1-3-6-27(9-12-4-5-12)10-15-17(19(22,23)24)26-18(28-15)25-16-11(2)7-13(20)8-14(16)21/h7-8,12H,3-6,9-10H2,1-2H3,(H,25,26). The van der Waals surface area contributed by atoms with E-state index in [2.05, 4.69) is 15.2 Å². The molecule has 1 heterocycles. The van der Waals surface area contributed by atoms with Crippen molar-refractivity contribution in [2.24, 2.45) is 5.92 Å². The van der Waals surface area contributed by atoms with E-state index >= 15 is 0 Å². The van der Waals surface area contributed by atoms with E-state index in [1.807, 2.05) is 6.92 Å². The molecule has 1 aromatic carbocycles. The van der Waals surface area contributed by atoms with Gasteiger partial charge in [-0.25, -0.2) is 4.98 Å². The van der Waals surface area contributed by atoms with Gasteiger partial charge in [0.25, 0.3) is 0 Å². The number of alkyl halides is 3. The second kappa shape index (κ2) is 8.78. The quantitative estimate of drug-likeness (QED) is 0.461. The smallest absolute Gasteiger partial charge is 0.330 e. The highest BCUT2D eigenvalue weighted by Crippen LogP contribution is 2.40. The molecule has 0 amide bonds. The first kappa shape index (κ1) is 21.7. The zero-order valence-corrected chi connectivity index (χ0v) is 18.0. The van der Waals surface area contributed by atoms with Gasteiger partial charge in [-0.15, -0.1) is 0 Å². The fourth-order valence-electron chi connectivity index (χ4n) is 3.12. The summed E-state index contributed by atoms with van der Waals surface area (Å²) in [6.07, 6.45) is -1.27. The molecular formula is C19H22Cl2F3N3S. The number of nitrogens with one attached hydrogen (secondary N) is 1. The summed E-state index contributed by atoms with van der Waals surface area (Å²) in [4.78, 5) is 6.18. The van der Waals surface area contributed by atoms with Crippen LogP contribution in [-0.2, 0) is 12.7 Å². The normalized spacial score (nSPS) is 14.7. The van der Waals surface area contributed by atoms with Crippen LogP contribution in [0, 0.1) is 12.8 Å². The molecule has 1 aromatic heterocycles. The molecular weight excluding hydrogens is 430 g/mol. The van der Waals surface area contributed by atoms with E-state index < -0.39 is 11.9 Å². The molecule has 2 aromatic rings. The number of aromatic nitrogens is 1. The zero-order chi connectivity index (χ0) is 20.5. The molecule has 1 N–H and O–H groups in total. The van der Waals surface area contributed by atoms with Gasteiger partial charge in [-0.2, -0.15) is 13.2 Å². The van der Waals surface area contributed by atoms with Gasteiger partial charge < -0.3 is 5.32 Å². The van der Waals surface area contributed by atoms with Crippen molar-refractivity contribution in [3.63, 3.8) is 0 Å². The molecule has 9 heteroatoms. The Bertz CT molecular complexity index is 811. The number of thiazole rings is 1. The van der Waals surface area contributed by atoms with E-state index in [4.69, 9.17) is 23.2 Å². The van der Waals surface area contributed by atoms with Crippen LogP contribution in [0.5, 0.6) is 0 Å². The lowest BCUT2D eigenvalue weighted by molar-refractivity contribution is -0.141. The fraction of sp³-hybridized carbons (Fsp3) is 0.526. The van der Waals surface area contributed by atoms with E-state index in [-0.39, 0.29) is 16.6 Å². The molecule has 0 radical (unpaired) electrons. The number of hydrogen-bond acceptors (Lipinski definition) is 4. The van der Waals surface area contributed by atoms with Crippen LogP contribution >= 0.6 is 34.5 Å². The molecule has 0 spiro atoms. The maximum atomic E-state index is 13.6. The Morgan fingerprint density at radius 2 is 2.00 bits per heavy atom. The summed E-state index contributed by atoms with van der Waals surface area (Å²) in [5.41, 5.74) is 0.437. The lowest BCUT2D eigenvalue weighted by Crippen LogP contribution is -2.27. The zero-order valence-electron chi connectivity index (χ0n) is 15.7. The Morgan fingerprint density at radius 1 is 1.29 bits per heavy atom. The fourth-order valence-corrected chi connectivity index (χ4v) is 4.79. The van der Waals surface area contributed by atoms with Crippen LogP contribution < -0.4 is 5.32 Å². The minimum Gasteiger partial charge on any atom is -0.330 e.